The minimum Gasteiger partial charge on any atom is -0.353 e. The molecule has 20 heavy (non-hydrogen) atoms. The molecule has 1 unspecified atom stereocenters. The van der Waals surface area contributed by atoms with Crippen LogP contribution in [0.2, 0.25) is 0 Å². The summed E-state index contributed by atoms with van der Waals surface area (Å²) in [7, 11) is 0. The van der Waals surface area contributed by atoms with Gasteiger partial charge in [-0.3, -0.25) is 9.59 Å². The summed E-state index contributed by atoms with van der Waals surface area (Å²) in [5, 5.41) is 3.20. The molecule has 3 rings (SSSR count). The molecule has 3 aliphatic rings. The molecule has 2 aliphatic carbocycles. The molecule has 1 atom stereocenters. The van der Waals surface area contributed by atoms with Crippen LogP contribution in [0.3, 0.4) is 0 Å². The predicted octanol–water partition coefficient (Wildman–Crippen LogP) is 2.23. The first kappa shape index (κ1) is 13.9. The van der Waals surface area contributed by atoms with E-state index in [9.17, 15) is 9.59 Å². The zero-order chi connectivity index (χ0) is 13.9. The maximum atomic E-state index is 12.4. The van der Waals surface area contributed by atoms with Gasteiger partial charge in [0.15, 0.2) is 0 Å². The van der Waals surface area contributed by atoms with Crippen molar-refractivity contribution in [2.24, 2.45) is 5.92 Å². The number of amides is 2. The second-order valence-corrected chi connectivity index (χ2v) is 6.73. The molecule has 112 valence electrons. The van der Waals surface area contributed by atoms with Gasteiger partial charge in [-0.2, -0.15) is 0 Å². The SMILES string of the molecule is O=C(NC1CCCCCC1)C1CC(=O)N(C2CCC2)C1. The maximum Gasteiger partial charge on any atom is 0.225 e. The summed E-state index contributed by atoms with van der Waals surface area (Å²) in [6.07, 6.45) is 11.2. The van der Waals surface area contributed by atoms with Crippen LogP contribution in [-0.2, 0) is 9.59 Å². The smallest absolute Gasteiger partial charge is 0.225 e. The van der Waals surface area contributed by atoms with Gasteiger partial charge in [-0.25, -0.2) is 0 Å². The minimum absolute atomic E-state index is 0.105. The van der Waals surface area contributed by atoms with E-state index in [2.05, 4.69) is 5.32 Å². The van der Waals surface area contributed by atoms with Gasteiger partial charge in [0.05, 0.1) is 5.92 Å². The highest BCUT2D eigenvalue weighted by Gasteiger charge is 2.39. The molecule has 0 radical (unpaired) electrons. The van der Waals surface area contributed by atoms with Crippen molar-refractivity contribution in [3.05, 3.63) is 0 Å². The first-order valence-electron chi connectivity index (χ1n) is 8.34. The summed E-state index contributed by atoms with van der Waals surface area (Å²) in [5.41, 5.74) is 0. The van der Waals surface area contributed by atoms with Crippen molar-refractivity contribution in [2.45, 2.75) is 76.3 Å². The lowest BCUT2D eigenvalue weighted by molar-refractivity contribution is -0.131. The van der Waals surface area contributed by atoms with Crippen LogP contribution in [0.25, 0.3) is 0 Å². The van der Waals surface area contributed by atoms with Crippen molar-refractivity contribution < 1.29 is 9.59 Å². The minimum atomic E-state index is -0.105. The Balaban J connectivity index is 1.51. The molecule has 0 spiro atoms. The number of carbonyl (C=O) groups excluding carboxylic acids is 2. The van der Waals surface area contributed by atoms with Crippen molar-refractivity contribution >= 4 is 11.8 Å². The van der Waals surface area contributed by atoms with E-state index in [0.29, 0.717) is 25.0 Å². The zero-order valence-electron chi connectivity index (χ0n) is 12.3. The molecule has 1 heterocycles. The van der Waals surface area contributed by atoms with Crippen LogP contribution in [0.1, 0.15) is 64.2 Å². The van der Waals surface area contributed by atoms with Crippen LogP contribution in [0.15, 0.2) is 0 Å². The molecule has 4 heteroatoms. The number of hydrogen-bond acceptors (Lipinski definition) is 2. The molecule has 0 aromatic heterocycles. The number of likely N-dealkylation sites (tertiary alicyclic amines) is 1. The van der Waals surface area contributed by atoms with Crippen LogP contribution in [0.5, 0.6) is 0 Å². The molecular formula is C16H26N2O2. The van der Waals surface area contributed by atoms with E-state index in [4.69, 9.17) is 0 Å². The first-order valence-corrected chi connectivity index (χ1v) is 8.34. The number of hydrogen-bond donors (Lipinski definition) is 1. The van der Waals surface area contributed by atoms with Gasteiger partial charge in [0.1, 0.15) is 0 Å². The van der Waals surface area contributed by atoms with Gasteiger partial charge in [-0.05, 0) is 32.1 Å². The number of rotatable bonds is 3. The number of carbonyl (C=O) groups is 2. The molecule has 0 aromatic rings. The Morgan fingerprint density at radius 1 is 1.00 bits per heavy atom. The van der Waals surface area contributed by atoms with E-state index < -0.39 is 0 Å². The molecule has 2 amide bonds. The van der Waals surface area contributed by atoms with Crippen molar-refractivity contribution in [3.63, 3.8) is 0 Å². The highest BCUT2D eigenvalue weighted by atomic mass is 16.2. The second-order valence-electron chi connectivity index (χ2n) is 6.73. The average molecular weight is 278 g/mol. The quantitative estimate of drug-likeness (QED) is 0.805. The number of nitrogens with zero attached hydrogens (tertiary/aromatic N) is 1. The summed E-state index contributed by atoms with van der Waals surface area (Å²) in [4.78, 5) is 26.3. The Morgan fingerprint density at radius 3 is 2.30 bits per heavy atom. The fourth-order valence-corrected chi connectivity index (χ4v) is 3.70. The molecular weight excluding hydrogens is 252 g/mol. The Morgan fingerprint density at radius 2 is 1.70 bits per heavy atom. The third-order valence-electron chi connectivity index (χ3n) is 5.25. The molecule has 1 saturated heterocycles. The lowest BCUT2D eigenvalue weighted by Crippen LogP contribution is -2.43. The van der Waals surface area contributed by atoms with E-state index in [1.54, 1.807) is 0 Å². The lowest BCUT2D eigenvalue weighted by atomic mass is 9.92. The molecule has 4 nitrogen and oxygen atoms in total. The van der Waals surface area contributed by atoms with Crippen LogP contribution < -0.4 is 5.32 Å². The van der Waals surface area contributed by atoms with Crippen LogP contribution in [-0.4, -0.2) is 35.3 Å². The van der Waals surface area contributed by atoms with Gasteiger partial charge in [0.2, 0.25) is 11.8 Å². The van der Waals surface area contributed by atoms with Crippen LogP contribution >= 0.6 is 0 Å². The van der Waals surface area contributed by atoms with Crippen molar-refractivity contribution in [2.75, 3.05) is 6.54 Å². The van der Waals surface area contributed by atoms with E-state index in [0.717, 1.165) is 25.7 Å². The first-order chi connectivity index (χ1) is 9.74. The van der Waals surface area contributed by atoms with Gasteiger partial charge in [0.25, 0.3) is 0 Å². The van der Waals surface area contributed by atoms with E-state index in [1.165, 1.54) is 32.1 Å². The van der Waals surface area contributed by atoms with Crippen LogP contribution in [0, 0.1) is 5.92 Å². The highest BCUT2D eigenvalue weighted by Crippen LogP contribution is 2.31. The van der Waals surface area contributed by atoms with E-state index >= 15 is 0 Å². The van der Waals surface area contributed by atoms with Gasteiger partial charge in [-0.1, -0.05) is 25.7 Å². The zero-order valence-corrected chi connectivity index (χ0v) is 12.3. The molecule has 1 aliphatic heterocycles. The van der Waals surface area contributed by atoms with Gasteiger partial charge in [0, 0.05) is 25.0 Å². The third-order valence-corrected chi connectivity index (χ3v) is 5.25. The van der Waals surface area contributed by atoms with E-state index in [-0.39, 0.29) is 17.7 Å². The maximum absolute atomic E-state index is 12.4. The summed E-state index contributed by atoms with van der Waals surface area (Å²) >= 11 is 0. The van der Waals surface area contributed by atoms with Gasteiger partial charge in [-0.15, -0.1) is 0 Å². The van der Waals surface area contributed by atoms with Crippen molar-refractivity contribution in [1.82, 2.24) is 10.2 Å². The van der Waals surface area contributed by atoms with Gasteiger partial charge >= 0.3 is 0 Å². The molecule has 3 fully saturated rings. The van der Waals surface area contributed by atoms with Crippen molar-refractivity contribution in [3.8, 4) is 0 Å². The Bertz CT molecular complexity index is 371. The van der Waals surface area contributed by atoms with E-state index in [1.807, 2.05) is 4.90 Å². The lowest BCUT2D eigenvalue weighted by Gasteiger charge is -2.34. The largest absolute Gasteiger partial charge is 0.353 e. The Kier molecular flexibility index (Phi) is 4.27. The predicted molar refractivity (Wildman–Crippen MR) is 77.1 cm³/mol. The molecule has 1 N–H and O–H groups in total. The fourth-order valence-electron chi connectivity index (χ4n) is 3.70. The Labute approximate surface area is 121 Å². The fraction of sp³-hybridized carbons (Fsp3) is 0.875. The summed E-state index contributed by atoms with van der Waals surface area (Å²) in [6, 6.07) is 0.774. The number of nitrogens with one attached hydrogen (secondary N) is 1. The summed E-state index contributed by atoms with van der Waals surface area (Å²) in [6.45, 7) is 0.655. The molecule has 0 bridgehead atoms. The average Bonchev–Trinajstić information content (AvgIpc) is 2.60. The molecule has 0 aromatic carbocycles. The molecule has 2 saturated carbocycles. The highest BCUT2D eigenvalue weighted by molar-refractivity contribution is 5.89. The topological polar surface area (TPSA) is 49.4 Å². The third kappa shape index (κ3) is 2.99. The normalized spacial score (nSPS) is 29.1. The summed E-state index contributed by atoms with van der Waals surface area (Å²) in [5.74, 6) is 0.203. The second kappa shape index (κ2) is 6.15. The van der Waals surface area contributed by atoms with Crippen LogP contribution in [0.4, 0.5) is 0 Å². The standard InChI is InChI=1S/C16H26N2O2/c19-15-10-12(11-18(15)14-8-5-9-14)16(20)17-13-6-3-1-2-4-7-13/h12-14H,1-11H2,(H,17,20). The monoisotopic (exact) mass is 278 g/mol. The van der Waals surface area contributed by atoms with Crippen molar-refractivity contribution in [1.29, 1.82) is 0 Å². The summed E-state index contributed by atoms with van der Waals surface area (Å²) < 4.78 is 0. The Hall–Kier alpha value is -1.06. The van der Waals surface area contributed by atoms with Gasteiger partial charge < -0.3 is 10.2 Å².